The zero-order chi connectivity index (χ0) is 13.5. The molecule has 0 saturated carbocycles. The van der Waals surface area contributed by atoms with Crippen molar-refractivity contribution in [2.24, 2.45) is 5.73 Å². The standard InChI is InChI=1S/C14H23BrN2O/c1-11(2)17(7-4-8-18)14(10-16)12-5-3-6-13(15)9-12/h3,5-6,9,11,14,18H,4,7-8,10,16H2,1-2H3. The van der Waals surface area contributed by atoms with Crippen LogP contribution in [0.4, 0.5) is 0 Å². The van der Waals surface area contributed by atoms with Gasteiger partial charge in [-0.25, -0.2) is 0 Å². The maximum atomic E-state index is 9.00. The summed E-state index contributed by atoms with van der Waals surface area (Å²) in [5.41, 5.74) is 7.17. The van der Waals surface area contributed by atoms with Gasteiger partial charge in [0.05, 0.1) is 0 Å². The highest BCUT2D eigenvalue weighted by Gasteiger charge is 2.21. The monoisotopic (exact) mass is 314 g/mol. The number of benzene rings is 1. The minimum absolute atomic E-state index is 0.203. The summed E-state index contributed by atoms with van der Waals surface area (Å²) in [5, 5.41) is 9.00. The first-order valence-electron chi connectivity index (χ1n) is 6.42. The third-order valence-electron chi connectivity index (χ3n) is 3.09. The van der Waals surface area contributed by atoms with Crippen LogP contribution in [0.5, 0.6) is 0 Å². The van der Waals surface area contributed by atoms with Crippen LogP contribution in [0, 0.1) is 0 Å². The number of nitrogens with two attached hydrogens (primary N) is 1. The van der Waals surface area contributed by atoms with Gasteiger partial charge in [-0.05, 0) is 38.0 Å². The quantitative estimate of drug-likeness (QED) is 0.813. The van der Waals surface area contributed by atoms with Crippen molar-refractivity contribution in [3.8, 4) is 0 Å². The van der Waals surface area contributed by atoms with E-state index in [0.717, 1.165) is 17.4 Å². The summed E-state index contributed by atoms with van der Waals surface area (Å²) < 4.78 is 1.07. The zero-order valence-electron chi connectivity index (χ0n) is 11.1. The Bertz CT molecular complexity index is 357. The number of aliphatic hydroxyl groups is 1. The molecule has 0 radical (unpaired) electrons. The van der Waals surface area contributed by atoms with Crippen LogP contribution in [0.3, 0.4) is 0 Å². The summed E-state index contributed by atoms with van der Waals surface area (Å²) in [6.07, 6.45) is 0.780. The van der Waals surface area contributed by atoms with Gasteiger partial charge in [-0.3, -0.25) is 4.90 Å². The average molecular weight is 315 g/mol. The van der Waals surface area contributed by atoms with Crippen molar-refractivity contribution in [1.82, 2.24) is 4.90 Å². The maximum absolute atomic E-state index is 9.00. The smallest absolute Gasteiger partial charge is 0.0473 e. The van der Waals surface area contributed by atoms with Gasteiger partial charge in [-0.2, -0.15) is 0 Å². The Hall–Kier alpha value is -0.420. The normalized spacial score (nSPS) is 13.3. The van der Waals surface area contributed by atoms with Gasteiger partial charge in [0.25, 0.3) is 0 Å². The molecule has 18 heavy (non-hydrogen) atoms. The molecule has 0 aliphatic carbocycles. The van der Waals surface area contributed by atoms with E-state index in [1.165, 1.54) is 5.56 Å². The van der Waals surface area contributed by atoms with Gasteiger partial charge in [-0.1, -0.05) is 28.1 Å². The number of hydrogen-bond acceptors (Lipinski definition) is 3. The predicted octanol–water partition coefficient (Wildman–Crippen LogP) is 2.54. The lowest BCUT2D eigenvalue weighted by atomic mass is 10.0. The molecule has 0 fully saturated rings. The number of nitrogens with zero attached hydrogens (tertiary/aromatic N) is 1. The average Bonchev–Trinajstić information content (AvgIpc) is 2.34. The van der Waals surface area contributed by atoms with Crippen LogP contribution < -0.4 is 5.73 Å². The molecular weight excluding hydrogens is 292 g/mol. The van der Waals surface area contributed by atoms with Crippen LogP contribution in [-0.4, -0.2) is 35.7 Å². The Kier molecular flexibility index (Phi) is 6.86. The van der Waals surface area contributed by atoms with E-state index < -0.39 is 0 Å². The van der Waals surface area contributed by atoms with Crippen LogP contribution in [0.2, 0.25) is 0 Å². The minimum Gasteiger partial charge on any atom is -0.396 e. The molecule has 1 aromatic carbocycles. The van der Waals surface area contributed by atoms with E-state index in [1.54, 1.807) is 0 Å². The Morgan fingerprint density at radius 2 is 2.11 bits per heavy atom. The first-order chi connectivity index (χ1) is 8.60. The highest BCUT2D eigenvalue weighted by Crippen LogP contribution is 2.24. The first kappa shape index (κ1) is 15.6. The van der Waals surface area contributed by atoms with Gasteiger partial charge in [0.1, 0.15) is 0 Å². The van der Waals surface area contributed by atoms with E-state index in [-0.39, 0.29) is 12.6 Å². The van der Waals surface area contributed by atoms with Crippen molar-refractivity contribution in [2.75, 3.05) is 19.7 Å². The van der Waals surface area contributed by atoms with Crippen molar-refractivity contribution >= 4 is 15.9 Å². The molecule has 0 amide bonds. The molecule has 102 valence electrons. The van der Waals surface area contributed by atoms with Gasteiger partial charge in [-0.15, -0.1) is 0 Å². The molecule has 0 aromatic heterocycles. The lowest BCUT2D eigenvalue weighted by Crippen LogP contribution is -2.39. The van der Waals surface area contributed by atoms with Gasteiger partial charge in [0, 0.05) is 36.3 Å². The van der Waals surface area contributed by atoms with Crippen molar-refractivity contribution in [1.29, 1.82) is 0 Å². The summed E-state index contributed by atoms with van der Waals surface area (Å²) in [5.74, 6) is 0. The number of aliphatic hydroxyl groups excluding tert-OH is 1. The summed E-state index contributed by atoms with van der Waals surface area (Å²) in [4.78, 5) is 2.35. The van der Waals surface area contributed by atoms with Crippen LogP contribution in [0.1, 0.15) is 31.9 Å². The predicted molar refractivity (Wildman–Crippen MR) is 79.5 cm³/mol. The Morgan fingerprint density at radius 1 is 1.39 bits per heavy atom. The van der Waals surface area contributed by atoms with Gasteiger partial charge < -0.3 is 10.8 Å². The Labute approximate surface area is 118 Å². The number of hydrogen-bond donors (Lipinski definition) is 2. The summed E-state index contributed by atoms with van der Waals surface area (Å²) in [6, 6.07) is 8.89. The van der Waals surface area contributed by atoms with Gasteiger partial charge in [0.15, 0.2) is 0 Å². The largest absolute Gasteiger partial charge is 0.396 e. The van der Waals surface area contributed by atoms with Crippen LogP contribution in [0.15, 0.2) is 28.7 Å². The SMILES string of the molecule is CC(C)N(CCCO)C(CN)c1cccc(Br)c1. The van der Waals surface area contributed by atoms with Crippen LogP contribution >= 0.6 is 15.9 Å². The second kappa shape index (κ2) is 7.89. The molecule has 0 bridgehead atoms. The summed E-state index contributed by atoms with van der Waals surface area (Å²) in [7, 11) is 0. The molecule has 3 nitrogen and oxygen atoms in total. The van der Waals surface area contributed by atoms with E-state index in [2.05, 4.69) is 46.8 Å². The van der Waals surface area contributed by atoms with E-state index in [1.807, 2.05) is 12.1 Å². The fourth-order valence-corrected chi connectivity index (χ4v) is 2.62. The fourth-order valence-electron chi connectivity index (χ4n) is 2.20. The van der Waals surface area contributed by atoms with Crippen molar-refractivity contribution in [2.45, 2.75) is 32.4 Å². The highest BCUT2D eigenvalue weighted by atomic mass is 79.9. The van der Waals surface area contributed by atoms with Crippen molar-refractivity contribution in [3.05, 3.63) is 34.3 Å². The first-order valence-corrected chi connectivity index (χ1v) is 7.21. The molecule has 1 atom stereocenters. The molecular formula is C14H23BrN2O. The third-order valence-corrected chi connectivity index (χ3v) is 3.59. The minimum atomic E-state index is 0.203. The maximum Gasteiger partial charge on any atom is 0.0473 e. The molecule has 0 aliphatic rings. The summed E-state index contributed by atoms with van der Waals surface area (Å²) in [6.45, 7) is 6.00. The van der Waals surface area contributed by atoms with E-state index in [9.17, 15) is 0 Å². The molecule has 0 saturated heterocycles. The second-order valence-electron chi connectivity index (χ2n) is 4.72. The van der Waals surface area contributed by atoms with E-state index in [0.29, 0.717) is 12.6 Å². The van der Waals surface area contributed by atoms with E-state index in [4.69, 9.17) is 10.8 Å². The number of rotatable bonds is 7. The second-order valence-corrected chi connectivity index (χ2v) is 5.63. The number of halogens is 1. The van der Waals surface area contributed by atoms with Crippen LogP contribution in [-0.2, 0) is 0 Å². The summed E-state index contributed by atoms with van der Waals surface area (Å²) >= 11 is 3.50. The lowest BCUT2D eigenvalue weighted by Gasteiger charge is -2.34. The third kappa shape index (κ3) is 4.35. The lowest BCUT2D eigenvalue weighted by molar-refractivity contribution is 0.141. The van der Waals surface area contributed by atoms with Crippen LogP contribution in [0.25, 0.3) is 0 Å². The Balaban J connectivity index is 2.90. The zero-order valence-corrected chi connectivity index (χ0v) is 12.7. The van der Waals surface area contributed by atoms with Gasteiger partial charge >= 0.3 is 0 Å². The van der Waals surface area contributed by atoms with E-state index >= 15 is 0 Å². The van der Waals surface area contributed by atoms with Crippen molar-refractivity contribution < 1.29 is 5.11 Å². The highest BCUT2D eigenvalue weighted by molar-refractivity contribution is 9.10. The molecule has 1 unspecified atom stereocenters. The molecule has 3 N–H and O–H groups in total. The Morgan fingerprint density at radius 3 is 2.61 bits per heavy atom. The molecule has 0 spiro atoms. The molecule has 0 aliphatic heterocycles. The molecule has 4 heteroatoms. The molecule has 1 aromatic rings. The topological polar surface area (TPSA) is 49.5 Å². The van der Waals surface area contributed by atoms with Crippen molar-refractivity contribution in [3.63, 3.8) is 0 Å². The fraction of sp³-hybridized carbons (Fsp3) is 0.571. The van der Waals surface area contributed by atoms with Gasteiger partial charge in [0.2, 0.25) is 0 Å². The molecule has 1 rings (SSSR count). The molecule has 0 heterocycles.